The summed E-state index contributed by atoms with van der Waals surface area (Å²) in [6.07, 6.45) is 5.10. The molecule has 6 rings (SSSR count). The van der Waals surface area contributed by atoms with Crippen molar-refractivity contribution in [3.63, 3.8) is 0 Å². The van der Waals surface area contributed by atoms with Crippen molar-refractivity contribution in [3.8, 4) is 0 Å². The molecule has 4 aromatic rings. The summed E-state index contributed by atoms with van der Waals surface area (Å²) in [5, 5.41) is 18.3. The fourth-order valence-electron chi connectivity index (χ4n) is 5.27. The third-order valence-electron chi connectivity index (χ3n) is 7.65. The third kappa shape index (κ3) is 9.52. The van der Waals surface area contributed by atoms with Gasteiger partial charge in [-0.25, -0.2) is 0 Å². The average molecular weight is 707 g/mol. The van der Waals surface area contributed by atoms with Crippen molar-refractivity contribution in [2.45, 2.75) is 50.6 Å². The van der Waals surface area contributed by atoms with Gasteiger partial charge in [0, 0.05) is 33.9 Å². The quantitative estimate of drug-likeness (QED) is 0.203. The fourth-order valence-corrected chi connectivity index (χ4v) is 6.48. The van der Waals surface area contributed by atoms with Gasteiger partial charge in [0.05, 0.1) is 25.3 Å². The predicted octanol–water partition coefficient (Wildman–Crippen LogP) is 7.30. The van der Waals surface area contributed by atoms with Gasteiger partial charge in [-0.15, -0.1) is 0 Å². The number of aliphatic hydroxyl groups excluding tert-OH is 2. The second kappa shape index (κ2) is 16.8. The SMILES string of the molecule is NC(CO)c1ccccc1.O=C1CCc2c(Br)cccc2C1.OC[C@H](N=C1CCc2c(Br)cccc2C1)c1ccccc1. The Morgan fingerprint density at radius 2 is 1.19 bits per heavy atom. The average Bonchev–Trinajstić information content (AvgIpc) is 3.05. The molecule has 2 atom stereocenters. The van der Waals surface area contributed by atoms with Gasteiger partial charge in [-0.3, -0.25) is 9.79 Å². The van der Waals surface area contributed by atoms with E-state index in [2.05, 4.69) is 50.1 Å². The Hall–Kier alpha value is -2.94. The number of halogens is 2. The molecule has 2 aliphatic carbocycles. The van der Waals surface area contributed by atoms with Gasteiger partial charge in [-0.05, 0) is 64.8 Å². The zero-order valence-electron chi connectivity index (χ0n) is 24.1. The minimum atomic E-state index is -0.235. The molecule has 0 bridgehead atoms. The number of carbonyl (C=O) groups excluding carboxylic acids is 1. The number of hydrogen-bond donors (Lipinski definition) is 3. The topological polar surface area (TPSA) is 95.9 Å². The molecule has 4 aromatic carbocycles. The number of hydrogen-bond acceptors (Lipinski definition) is 5. The van der Waals surface area contributed by atoms with Crippen LogP contribution in [0.1, 0.15) is 58.3 Å². The summed E-state index contributed by atoms with van der Waals surface area (Å²) in [4.78, 5) is 15.9. The van der Waals surface area contributed by atoms with Crippen LogP contribution in [0.25, 0.3) is 0 Å². The minimum Gasteiger partial charge on any atom is -0.394 e. The van der Waals surface area contributed by atoms with Crippen LogP contribution in [0.5, 0.6) is 0 Å². The zero-order valence-corrected chi connectivity index (χ0v) is 27.3. The Morgan fingerprint density at radius 1 is 0.651 bits per heavy atom. The van der Waals surface area contributed by atoms with Gasteiger partial charge in [-0.2, -0.15) is 0 Å². The molecule has 0 saturated carbocycles. The van der Waals surface area contributed by atoms with E-state index in [4.69, 9.17) is 15.8 Å². The van der Waals surface area contributed by atoms with E-state index in [0.29, 0.717) is 18.6 Å². The number of Topliss-reactive ketones (excluding diaryl/α,β-unsaturated/α-hetero) is 1. The number of nitrogens with two attached hydrogens (primary N) is 1. The van der Waals surface area contributed by atoms with Gasteiger partial charge in [0.25, 0.3) is 0 Å². The summed E-state index contributed by atoms with van der Waals surface area (Å²) in [6, 6.07) is 31.6. The van der Waals surface area contributed by atoms with E-state index in [0.717, 1.165) is 41.3 Å². The number of nitrogens with zero attached hydrogens (tertiary/aromatic N) is 1. The van der Waals surface area contributed by atoms with E-state index in [9.17, 15) is 9.90 Å². The number of carbonyl (C=O) groups is 1. The highest BCUT2D eigenvalue weighted by atomic mass is 79.9. The molecular formula is C36H38Br2N2O3. The van der Waals surface area contributed by atoms with Gasteiger partial charge in [0.15, 0.2) is 0 Å². The minimum absolute atomic E-state index is 0.00398. The molecule has 0 aromatic heterocycles. The van der Waals surface area contributed by atoms with Crippen molar-refractivity contribution >= 4 is 43.4 Å². The van der Waals surface area contributed by atoms with Crippen LogP contribution in [0.15, 0.2) is 111 Å². The predicted molar refractivity (Wildman–Crippen MR) is 182 cm³/mol. The Kier molecular flexibility index (Phi) is 12.9. The van der Waals surface area contributed by atoms with Crippen LogP contribution in [0, 0.1) is 0 Å². The Morgan fingerprint density at radius 3 is 1.74 bits per heavy atom. The maximum absolute atomic E-state index is 11.1. The zero-order chi connectivity index (χ0) is 30.6. The largest absolute Gasteiger partial charge is 0.394 e. The van der Waals surface area contributed by atoms with E-state index in [-0.39, 0.29) is 25.3 Å². The van der Waals surface area contributed by atoms with Crippen LogP contribution in [0.2, 0.25) is 0 Å². The van der Waals surface area contributed by atoms with E-state index in [1.807, 2.05) is 78.9 Å². The normalized spacial score (nSPS) is 16.0. The number of benzene rings is 4. The molecule has 7 heteroatoms. The first-order chi connectivity index (χ1) is 20.9. The molecule has 0 heterocycles. The van der Waals surface area contributed by atoms with Gasteiger partial charge < -0.3 is 15.9 Å². The smallest absolute Gasteiger partial charge is 0.137 e. The molecule has 5 nitrogen and oxygen atoms in total. The second-order valence-electron chi connectivity index (χ2n) is 10.7. The highest BCUT2D eigenvalue weighted by Crippen LogP contribution is 2.29. The molecule has 2 aliphatic rings. The monoisotopic (exact) mass is 704 g/mol. The fraction of sp³-hybridized carbons (Fsp3) is 0.278. The lowest BCUT2D eigenvalue weighted by atomic mass is 9.90. The van der Waals surface area contributed by atoms with Gasteiger partial charge in [0.1, 0.15) is 5.78 Å². The molecule has 1 unspecified atom stereocenters. The van der Waals surface area contributed by atoms with Crippen LogP contribution in [-0.4, -0.2) is 34.9 Å². The van der Waals surface area contributed by atoms with Crippen LogP contribution >= 0.6 is 31.9 Å². The van der Waals surface area contributed by atoms with Crippen LogP contribution in [-0.2, 0) is 30.5 Å². The van der Waals surface area contributed by atoms with Crippen molar-refractivity contribution in [1.82, 2.24) is 0 Å². The van der Waals surface area contributed by atoms with Crippen LogP contribution in [0.3, 0.4) is 0 Å². The molecule has 224 valence electrons. The third-order valence-corrected chi connectivity index (χ3v) is 9.14. The maximum Gasteiger partial charge on any atom is 0.137 e. The first-order valence-electron chi connectivity index (χ1n) is 14.6. The summed E-state index contributed by atoms with van der Waals surface area (Å²) in [5.74, 6) is 0.362. The van der Waals surface area contributed by atoms with Crippen molar-refractivity contribution in [2.75, 3.05) is 13.2 Å². The van der Waals surface area contributed by atoms with Crippen molar-refractivity contribution < 1.29 is 15.0 Å². The van der Waals surface area contributed by atoms with E-state index >= 15 is 0 Å². The Balaban J connectivity index is 0.000000163. The molecule has 0 aliphatic heterocycles. The summed E-state index contributed by atoms with van der Waals surface area (Å²) in [7, 11) is 0. The highest BCUT2D eigenvalue weighted by molar-refractivity contribution is 9.10. The molecule has 4 N–H and O–H groups in total. The van der Waals surface area contributed by atoms with Crippen molar-refractivity contribution in [1.29, 1.82) is 0 Å². The molecule has 43 heavy (non-hydrogen) atoms. The standard InChI is InChI=1S/C18H18BrNO.C10H9BrO.C8H11NO/c19-17-8-4-7-14-11-15(9-10-16(14)17)20-18(12-21)13-5-2-1-3-6-13;11-10-3-1-2-7-6-8(12)4-5-9(7)10;9-8(6-10)7-4-2-1-3-5-7/h1-8,18,21H,9-12H2;1-3H,4-6H2;1-5,8,10H,6,9H2/t18-;;/m0../s1. The van der Waals surface area contributed by atoms with Gasteiger partial charge >= 0.3 is 0 Å². The van der Waals surface area contributed by atoms with Gasteiger partial charge in [0.2, 0.25) is 0 Å². The first kappa shape index (κ1) is 33.0. The van der Waals surface area contributed by atoms with E-state index < -0.39 is 0 Å². The molecule has 0 radical (unpaired) electrons. The Labute approximate surface area is 271 Å². The number of fused-ring (bicyclic) bond motifs is 2. The number of rotatable bonds is 5. The summed E-state index contributed by atoms with van der Waals surface area (Å²) >= 11 is 7.11. The van der Waals surface area contributed by atoms with Crippen molar-refractivity contribution in [2.24, 2.45) is 10.7 Å². The molecule has 0 saturated heterocycles. The second-order valence-corrected chi connectivity index (χ2v) is 12.4. The number of ketones is 1. The maximum atomic E-state index is 11.1. The lowest BCUT2D eigenvalue weighted by Crippen LogP contribution is -2.16. The van der Waals surface area contributed by atoms with E-state index in [1.165, 1.54) is 32.4 Å². The lowest BCUT2D eigenvalue weighted by Gasteiger charge is -2.21. The summed E-state index contributed by atoms with van der Waals surface area (Å²) in [6.45, 7) is 0.0584. The lowest BCUT2D eigenvalue weighted by molar-refractivity contribution is -0.118. The molecular weight excluding hydrogens is 668 g/mol. The molecule has 0 amide bonds. The molecule has 0 fully saturated rings. The number of aliphatic hydroxyl groups is 2. The summed E-state index contributed by atoms with van der Waals surface area (Å²) in [5.41, 5.74) is 14.0. The van der Waals surface area contributed by atoms with Crippen LogP contribution < -0.4 is 5.73 Å². The summed E-state index contributed by atoms with van der Waals surface area (Å²) < 4.78 is 2.34. The Bertz CT molecular complexity index is 1510. The van der Waals surface area contributed by atoms with Gasteiger partial charge in [-0.1, -0.05) is 117 Å². The number of aliphatic imine (C=N–C) groups is 1. The van der Waals surface area contributed by atoms with E-state index in [1.54, 1.807) is 0 Å². The first-order valence-corrected chi connectivity index (χ1v) is 16.1. The highest BCUT2D eigenvalue weighted by Gasteiger charge is 2.18. The molecule has 0 spiro atoms. The van der Waals surface area contributed by atoms with Crippen LogP contribution in [0.4, 0.5) is 0 Å². The van der Waals surface area contributed by atoms with Crippen molar-refractivity contribution in [3.05, 3.63) is 139 Å².